The molecule has 2 aliphatic rings. The molecule has 5 rings (SSSR count). The van der Waals surface area contributed by atoms with Gasteiger partial charge in [0.1, 0.15) is 11.7 Å². The first-order valence-corrected chi connectivity index (χ1v) is 9.98. The Labute approximate surface area is 182 Å². The van der Waals surface area contributed by atoms with E-state index in [1.54, 1.807) is 35.1 Å². The van der Waals surface area contributed by atoms with Crippen LogP contribution in [0.15, 0.2) is 42.6 Å². The minimum absolute atomic E-state index is 0.0722. The highest BCUT2D eigenvalue weighted by Gasteiger charge is 2.44. The van der Waals surface area contributed by atoms with E-state index >= 15 is 0 Å². The number of nitrogens with zero attached hydrogens (tertiary/aromatic N) is 4. The van der Waals surface area contributed by atoms with E-state index in [1.165, 1.54) is 0 Å². The molecule has 0 bridgehead atoms. The molecule has 1 aromatic heterocycles. The third-order valence-corrected chi connectivity index (χ3v) is 5.75. The molecule has 1 atom stereocenters. The van der Waals surface area contributed by atoms with Crippen LogP contribution in [0.5, 0.6) is 0 Å². The van der Waals surface area contributed by atoms with Crippen LogP contribution in [0.25, 0.3) is 16.9 Å². The van der Waals surface area contributed by atoms with Gasteiger partial charge in [-0.3, -0.25) is 29.4 Å². The Hall–Kier alpha value is -4.34. The molecule has 0 aliphatic carbocycles. The maximum Gasteiger partial charge on any atom is 0.262 e. The summed E-state index contributed by atoms with van der Waals surface area (Å²) in [6.45, 7) is 1.90. The van der Waals surface area contributed by atoms with Gasteiger partial charge in [0.2, 0.25) is 11.8 Å². The molecular weight excluding hydrogens is 412 g/mol. The van der Waals surface area contributed by atoms with E-state index in [4.69, 9.17) is 5.73 Å². The third kappa shape index (κ3) is 3.04. The van der Waals surface area contributed by atoms with Crippen molar-refractivity contribution >= 4 is 29.3 Å². The average Bonchev–Trinajstić information content (AvgIpc) is 3.35. The van der Waals surface area contributed by atoms with Gasteiger partial charge in [0.15, 0.2) is 0 Å². The molecule has 2 aliphatic heterocycles. The van der Waals surface area contributed by atoms with Crippen LogP contribution in [0.4, 0.5) is 5.69 Å². The van der Waals surface area contributed by atoms with Crippen LogP contribution < -0.4 is 11.1 Å². The summed E-state index contributed by atoms with van der Waals surface area (Å²) in [5, 5.41) is 10.5. The van der Waals surface area contributed by atoms with Crippen molar-refractivity contribution in [1.82, 2.24) is 25.2 Å². The number of aryl methyl sites for hydroxylation is 1. The largest absolute Gasteiger partial charge is 0.399 e. The molecule has 32 heavy (non-hydrogen) atoms. The number of benzene rings is 2. The molecule has 0 spiro atoms. The minimum Gasteiger partial charge on any atom is -0.399 e. The number of imide groups is 2. The lowest BCUT2D eigenvalue weighted by Gasteiger charge is -2.27. The van der Waals surface area contributed by atoms with Gasteiger partial charge in [-0.15, -0.1) is 5.10 Å². The molecule has 1 fully saturated rings. The van der Waals surface area contributed by atoms with E-state index < -0.39 is 29.7 Å². The number of fused-ring (bicyclic) bond motifs is 1. The van der Waals surface area contributed by atoms with Gasteiger partial charge in [-0.2, -0.15) is 0 Å². The fourth-order valence-corrected chi connectivity index (χ4v) is 3.95. The van der Waals surface area contributed by atoms with E-state index in [9.17, 15) is 19.2 Å². The molecular formula is C22H18N6O4. The zero-order chi connectivity index (χ0) is 22.6. The molecule has 160 valence electrons. The topological polar surface area (TPSA) is 140 Å². The normalized spacial score (nSPS) is 18.2. The van der Waals surface area contributed by atoms with E-state index in [-0.39, 0.29) is 24.0 Å². The Bertz CT molecular complexity index is 1330. The van der Waals surface area contributed by atoms with E-state index in [0.717, 1.165) is 16.2 Å². The Morgan fingerprint density at radius 3 is 2.56 bits per heavy atom. The van der Waals surface area contributed by atoms with Crippen LogP contribution in [0.1, 0.15) is 39.1 Å². The number of nitrogen functional groups attached to an aromatic ring is 1. The number of anilines is 1. The summed E-state index contributed by atoms with van der Waals surface area (Å²) < 4.78 is 1.59. The van der Waals surface area contributed by atoms with Crippen molar-refractivity contribution in [2.75, 3.05) is 5.73 Å². The second kappa shape index (κ2) is 7.12. The standard InChI is InChI=1S/C22H18N6O4/c1-11-8-13(3-5-16(11)23)27-10-17(25-26-27)12-2-4-14-15(9-12)22(32)28(21(14)31)18-6-7-19(29)24-20(18)30/h2-5,8-10,18H,6-7,23H2,1H3,(H,24,29,30). The lowest BCUT2D eigenvalue weighted by atomic mass is 10.0. The number of carbonyl (C=O) groups is 4. The van der Waals surface area contributed by atoms with E-state index in [1.807, 2.05) is 19.1 Å². The van der Waals surface area contributed by atoms with Crippen molar-refractivity contribution in [1.29, 1.82) is 0 Å². The lowest BCUT2D eigenvalue weighted by Crippen LogP contribution is -2.54. The van der Waals surface area contributed by atoms with Gasteiger partial charge < -0.3 is 5.73 Å². The number of aromatic nitrogens is 3. The molecule has 10 nitrogen and oxygen atoms in total. The van der Waals surface area contributed by atoms with Crippen molar-refractivity contribution in [3.8, 4) is 16.9 Å². The van der Waals surface area contributed by atoms with Gasteiger partial charge >= 0.3 is 0 Å². The maximum absolute atomic E-state index is 13.0. The number of nitrogens with one attached hydrogen (secondary N) is 1. The fourth-order valence-electron chi connectivity index (χ4n) is 3.95. The van der Waals surface area contributed by atoms with Crippen molar-refractivity contribution < 1.29 is 19.2 Å². The molecule has 4 amide bonds. The highest BCUT2D eigenvalue weighted by Crippen LogP contribution is 2.31. The summed E-state index contributed by atoms with van der Waals surface area (Å²) >= 11 is 0. The number of hydrogen-bond donors (Lipinski definition) is 2. The highest BCUT2D eigenvalue weighted by molar-refractivity contribution is 6.23. The quantitative estimate of drug-likeness (QED) is 0.470. The van der Waals surface area contributed by atoms with Crippen LogP contribution in [0, 0.1) is 6.92 Å². The van der Waals surface area contributed by atoms with Gasteiger partial charge in [0.05, 0.1) is 23.0 Å². The molecule has 0 saturated carbocycles. The van der Waals surface area contributed by atoms with Gasteiger partial charge in [-0.05, 0) is 49.2 Å². The number of amides is 4. The first kappa shape index (κ1) is 19.6. The van der Waals surface area contributed by atoms with Gasteiger partial charge in [-0.25, -0.2) is 4.68 Å². The molecule has 1 unspecified atom stereocenters. The Kier molecular flexibility index (Phi) is 4.36. The first-order chi connectivity index (χ1) is 15.3. The minimum atomic E-state index is -1.00. The van der Waals surface area contributed by atoms with Crippen LogP contribution in [-0.2, 0) is 9.59 Å². The average molecular weight is 430 g/mol. The van der Waals surface area contributed by atoms with Crippen LogP contribution in [-0.4, -0.2) is 49.6 Å². The van der Waals surface area contributed by atoms with Gasteiger partial charge in [0, 0.05) is 17.7 Å². The fraction of sp³-hybridized carbons (Fsp3) is 0.182. The Morgan fingerprint density at radius 1 is 1.03 bits per heavy atom. The lowest BCUT2D eigenvalue weighted by molar-refractivity contribution is -0.136. The summed E-state index contributed by atoms with van der Waals surface area (Å²) in [7, 11) is 0. The van der Waals surface area contributed by atoms with Crippen LogP contribution in [0.3, 0.4) is 0 Å². The molecule has 3 aromatic rings. The number of rotatable bonds is 3. The molecule has 1 saturated heterocycles. The second-order valence-electron chi connectivity index (χ2n) is 7.80. The van der Waals surface area contributed by atoms with Crippen LogP contribution >= 0.6 is 0 Å². The number of hydrogen-bond acceptors (Lipinski definition) is 7. The number of nitrogens with two attached hydrogens (primary N) is 1. The zero-order valence-electron chi connectivity index (χ0n) is 17.0. The van der Waals surface area contributed by atoms with Crippen molar-refractivity contribution in [3.63, 3.8) is 0 Å². The predicted molar refractivity (Wildman–Crippen MR) is 113 cm³/mol. The third-order valence-electron chi connectivity index (χ3n) is 5.75. The summed E-state index contributed by atoms with van der Waals surface area (Å²) in [6, 6.07) is 9.29. The summed E-state index contributed by atoms with van der Waals surface area (Å²) in [5.74, 6) is -2.17. The monoisotopic (exact) mass is 430 g/mol. The second-order valence-corrected chi connectivity index (χ2v) is 7.80. The molecule has 3 heterocycles. The maximum atomic E-state index is 13.0. The molecule has 10 heteroatoms. The summed E-state index contributed by atoms with van der Waals surface area (Å²) in [5.41, 5.74) is 9.77. The van der Waals surface area contributed by atoms with Crippen molar-refractivity contribution in [3.05, 3.63) is 59.3 Å². The van der Waals surface area contributed by atoms with E-state index in [2.05, 4.69) is 15.6 Å². The Balaban J connectivity index is 1.45. The van der Waals surface area contributed by atoms with Crippen LogP contribution in [0.2, 0.25) is 0 Å². The highest BCUT2D eigenvalue weighted by atomic mass is 16.2. The SMILES string of the molecule is Cc1cc(-n2cc(-c3ccc4c(c3)C(=O)N(C3CCC(=O)NC3=O)C4=O)nn2)ccc1N. The van der Waals surface area contributed by atoms with E-state index in [0.29, 0.717) is 16.9 Å². The zero-order valence-corrected chi connectivity index (χ0v) is 17.0. The van der Waals surface area contributed by atoms with Gasteiger partial charge in [-0.1, -0.05) is 11.3 Å². The summed E-state index contributed by atoms with van der Waals surface area (Å²) in [6.07, 6.45) is 1.90. The smallest absolute Gasteiger partial charge is 0.262 e. The first-order valence-electron chi connectivity index (χ1n) is 9.98. The van der Waals surface area contributed by atoms with Gasteiger partial charge in [0.25, 0.3) is 11.8 Å². The molecule has 3 N–H and O–H groups in total. The predicted octanol–water partition coefficient (Wildman–Crippen LogP) is 1.23. The summed E-state index contributed by atoms with van der Waals surface area (Å²) in [4.78, 5) is 50.4. The van der Waals surface area contributed by atoms with Crippen molar-refractivity contribution in [2.24, 2.45) is 0 Å². The molecule has 2 aromatic carbocycles. The van der Waals surface area contributed by atoms with Crippen molar-refractivity contribution in [2.45, 2.75) is 25.8 Å². The molecule has 0 radical (unpaired) electrons. The number of carbonyl (C=O) groups excluding carboxylic acids is 4. The number of piperidine rings is 1. The Morgan fingerprint density at radius 2 is 1.81 bits per heavy atom.